The van der Waals surface area contributed by atoms with Crippen molar-refractivity contribution in [3.05, 3.63) is 103 Å². The van der Waals surface area contributed by atoms with E-state index in [-0.39, 0.29) is 0 Å². The van der Waals surface area contributed by atoms with E-state index in [0.29, 0.717) is 0 Å². The zero-order valence-electron chi connectivity index (χ0n) is 14.4. The summed E-state index contributed by atoms with van der Waals surface area (Å²) in [6, 6.07) is 37.3. The van der Waals surface area contributed by atoms with Crippen molar-refractivity contribution in [2.75, 3.05) is 5.73 Å². The van der Waals surface area contributed by atoms with Crippen molar-refractivity contribution < 1.29 is 0 Å². The maximum Gasteiger partial charge on any atom is 0.180 e. The largest absolute Gasteiger partial charge is 0.399 e. The average molecular weight is 350 g/mol. The van der Waals surface area contributed by atoms with Crippen LogP contribution in [0.2, 0.25) is 0 Å². The molecule has 4 aromatic carbocycles. The van der Waals surface area contributed by atoms with Crippen LogP contribution < -0.4 is 26.5 Å². The van der Waals surface area contributed by atoms with Crippen LogP contribution in [-0.4, -0.2) is 8.07 Å². The fourth-order valence-electron chi connectivity index (χ4n) is 4.47. The van der Waals surface area contributed by atoms with E-state index >= 15 is 0 Å². The van der Waals surface area contributed by atoms with Gasteiger partial charge in [0.05, 0.1) is 0 Å². The lowest BCUT2D eigenvalue weighted by Crippen LogP contribution is -2.72. The normalized spacial score (nSPS) is 13.8. The van der Waals surface area contributed by atoms with Gasteiger partial charge in [0.1, 0.15) is 0 Å². The molecule has 2 N–H and O–H groups in total. The van der Waals surface area contributed by atoms with Crippen LogP contribution in [0.25, 0.3) is 11.1 Å². The Morgan fingerprint density at radius 1 is 0.500 bits per heavy atom. The molecule has 2 heteroatoms. The van der Waals surface area contributed by atoms with E-state index in [2.05, 4.69) is 103 Å². The van der Waals surface area contributed by atoms with E-state index in [1.54, 1.807) is 0 Å². The zero-order chi connectivity index (χ0) is 17.6. The third-order valence-electron chi connectivity index (χ3n) is 5.48. The Morgan fingerprint density at radius 3 is 1.69 bits per heavy atom. The second kappa shape index (κ2) is 5.72. The molecule has 4 aromatic rings. The number of anilines is 1. The fourth-order valence-corrected chi connectivity index (χ4v) is 9.63. The summed E-state index contributed by atoms with van der Waals surface area (Å²) < 4.78 is 0. The van der Waals surface area contributed by atoms with Crippen molar-refractivity contribution in [2.24, 2.45) is 0 Å². The van der Waals surface area contributed by atoms with Gasteiger partial charge < -0.3 is 5.73 Å². The number of nitrogen functional groups attached to an aromatic ring is 1. The molecule has 5 rings (SSSR count). The molecule has 1 heterocycles. The maximum absolute atomic E-state index is 6.17. The van der Waals surface area contributed by atoms with E-state index < -0.39 is 8.07 Å². The third kappa shape index (κ3) is 1.96. The fraction of sp³-hybridized carbons (Fsp3) is 0. The Bertz CT molecular complexity index is 1050. The number of benzene rings is 4. The Labute approximate surface area is 154 Å². The summed E-state index contributed by atoms with van der Waals surface area (Å²) in [5.74, 6) is 0. The molecule has 1 aliphatic heterocycles. The second-order valence-corrected chi connectivity index (χ2v) is 10.6. The number of fused-ring (bicyclic) bond motifs is 3. The van der Waals surface area contributed by atoms with Crippen molar-refractivity contribution >= 4 is 34.5 Å². The van der Waals surface area contributed by atoms with Gasteiger partial charge in [-0.15, -0.1) is 0 Å². The lowest BCUT2D eigenvalue weighted by Gasteiger charge is -2.31. The minimum Gasteiger partial charge on any atom is -0.399 e. The topological polar surface area (TPSA) is 26.0 Å². The first-order valence-corrected chi connectivity index (χ1v) is 10.9. The molecule has 1 aliphatic rings. The van der Waals surface area contributed by atoms with Gasteiger partial charge in [-0.25, -0.2) is 0 Å². The summed E-state index contributed by atoms with van der Waals surface area (Å²) >= 11 is 0. The molecule has 0 aromatic heterocycles. The molecular formula is C24H19NSi. The predicted octanol–water partition coefficient (Wildman–Crippen LogP) is 2.63. The zero-order valence-corrected chi connectivity index (χ0v) is 15.4. The van der Waals surface area contributed by atoms with E-state index in [0.717, 1.165) is 5.69 Å². The molecule has 0 radical (unpaired) electrons. The van der Waals surface area contributed by atoms with Crippen molar-refractivity contribution in [3.63, 3.8) is 0 Å². The first-order valence-electron chi connectivity index (χ1n) is 8.93. The Hall–Kier alpha value is -3.10. The highest BCUT2D eigenvalue weighted by atomic mass is 28.3. The van der Waals surface area contributed by atoms with Crippen LogP contribution in [0.1, 0.15) is 0 Å². The molecule has 0 bridgehead atoms. The van der Waals surface area contributed by atoms with Gasteiger partial charge in [-0.2, -0.15) is 0 Å². The van der Waals surface area contributed by atoms with Gasteiger partial charge in [-0.05, 0) is 44.0 Å². The molecule has 0 fully saturated rings. The highest BCUT2D eigenvalue weighted by Crippen LogP contribution is 2.29. The average Bonchev–Trinajstić information content (AvgIpc) is 3.00. The summed E-state index contributed by atoms with van der Waals surface area (Å²) in [7, 11) is -2.30. The molecule has 0 unspecified atom stereocenters. The van der Waals surface area contributed by atoms with Crippen molar-refractivity contribution in [1.29, 1.82) is 0 Å². The van der Waals surface area contributed by atoms with Gasteiger partial charge in [0.25, 0.3) is 0 Å². The Kier molecular flexibility index (Phi) is 3.34. The van der Waals surface area contributed by atoms with Gasteiger partial charge in [0.15, 0.2) is 8.07 Å². The van der Waals surface area contributed by atoms with Gasteiger partial charge in [-0.1, -0.05) is 91.0 Å². The highest BCUT2D eigenvalue weighted by Gasteiger charge is 2.48. The third-order valence-corrected chi connectivity index (χ3v) is 10.4. The monoisotopic (exact) mass is 349 g/mol. The molecular weight excluding hydrogens is 330 g/mol. The van der Waals surface area contributed by atoms with Crippen molar-refractivity contribution in [3.8, 4) is 11.1 Å². The Balaban J connectivity index is 1.98. The molecule has 0 spiro atoms. The molecule has 26 heavy (non-hydrogen) atoms. The first-order chi connectivity index (χ1) is 12.8. The molecule has 0 aliphatic carbocycles. The van der Waals surface area contributed by atoms with E-state index in [4.69, 9.17) is 5.73 Å². The molecule has 1 nitrogen and oxygen atoms in total. The lowest BCUT2D eigenvalue weighted by molar-refractivity contribution is 1.69. The predicted molar refractivity (Wildman–Crippen MR) is 113 cm³/mol. The maximum atomic E-state index is 6.17. The van der Waals surface area contributed by atoms with Crippen molar-refractivity contribution in [1.82, 2.24) is 0 Å². The van der Waals surface area contributed by atoms with Crippen LogP contribution in [-0.2, 0) is 0 Å². The summed E-state index contributed by atoms with van der Waals surface area (Å²) in [6.07, 6.45) is 0. The minimum atomic E-state index is -2.30. The van der Waals surface area contributed by atoms with Gasteiger partial charge >= 0.3 is 0 Å². The first kappa shape index (κ1) is 15.2. The van der Waals surface area contributed by atoms with E-state index in [1.807, 2.05) is 0 Å². The van der Waals surface area contributed by atoms with Crippen LogP contribution in [0.15, 0.2) is 103 Å². The quantitative estimate of drug-likeness (QED) is 0.385. The molecule has 0 atom stereocenters. The lowest BCUT2D eigenvalue weighted by atomic mass is 10.1. The van der Waals surface area contributed by atoms with Crippen LogP contribution in [0, 0.1) is 0 Å². The molecule has 0 amide bonds. The smallest absolute Gasteiger partial charge is 0.180 e. The number of hydrogen-bond donors (Lipinski definition) is 1. The van der Waals surface area contributed by atoms with Gasteiger partial charge in [0, 0.05) is 5.69 Å². The molecule has 0 saturated carbocycles. The van der Waals surface area contributed by atoms with E-state index in [1.165, 1.54) is 31.9 Å². The minimum absolute atomic E-state index is 0.824. The highest BCUT2D eigenvalue weighted by molar-refractivity contribution is 7.22. The van der Waals surface area contributed by atoms with Crippen molar-refractivity contribution in [2.45, 2.75) is 0 Å². The Morgan fingerprint density at radius 2 is 1.04 bits per heavy atom. The van der Waals surface area contributed by atoms with Gasteiger partial charge in [0.2, 0.25) is 0 Å². The number of hydrogen-bond acceptors (Lipinski definition) is 1. The second-order valence-electron chi connectivity index (χ2n) is 6.83. The number of rotatable bonds is 2. The molecule has 124 valence electrons. The SMILES string of the molecule is Nc1ccc2c(c1)-c1ccccc1[Si]2(c1ccccc1)c1ccccc1. The number of nitrogens with two attached hydrogens (primary N) is 1. The van der Waals surface area contributed by atoms with E-state index in [9.17, 15) is 0 Å². The standard InChI is InChI=1S/C24H19NSi/c25-18-15-16-24-22(17-18)21-13-7-8-14-23(21)26(24,19-9-3-1-4-10-19)20-11-5-2-6-12-20/h1-17H,25H2. The summed E-state index contributed by atoms with van der Waals surface area (Å²) in [5, 5.41) is 5.73. The summed E-state index contributed by atoms with van der Waals surface area (Å²) in [6.45, 7) is 0. The van der Waals surface area contributed by atoms with Crippen LogP contribution in [0.3, 0.4) is 0 Å². The molecule has 0 saturated heterocycles. The van der Waals surface area contributed by atoms with Crippen LogP contribution in [0.4, 0.5) is 5.69 Å². The summed E-state index contributed by atoms with van der Waals surface area (Å²) in [4.78, 5) is 0. The van der Waals surface area contributed by atoms with Gasteiger partial charge in [-0.3, -0.25) is 0 Å². The van der Waals surface area contributed by atoms with Crippen LogP contribution in [0.5, 0.6) is 0 Å². The van der Waals surface area contributed by atoms with Crippen LogP contribution >= 0.6 is 0 Å². The summed E-state index contributed by atoms with van der Waals surface area (Å²) in [5.41, 5.74) is 9.61.